The highest BCUT2D eigenvalue weighted by Gasteiger charge is 1.95. The van der Waals surface area contributed by atoms with Crippen molar-refractivity contribution in [2.24, 2.45) is 0 Å². The molecule has 1 aromatic heterocycles. The SMILES string of the molecule is CCOCn1cc(I)[c]cc1=O. The fourth-order valence-corrected chi connectivity index (χ4v) is 1.23. The summed E-state index contributed by atoms with van der Waals surface area (Å²) in [5, 5.41) is 0. The molecule has 0 aromatic carbocycles. The molecule has 0 amide bonds. The maximum atomic E-state index is 11.1. The van der Waals surface area contributed by atoms with Crippen molar-refractivity contribution in [1.82, 2.24) is 4.57 Å². The van der Waals surface area contributed by atoms with Crippen molar-refractivity contribution in [2.75, 3.05) is 6.61 Å². The predicted molar refractivity (Wildman–Crippen MR) is 53.9 cm³/mol. The minimum absolute atomic E-state index is 0.0798. The van der Waals surface area contributed by atoms with E-state index in [1.54, 1.807) is 6.20 Å². The highest BCUT2D eigenvalue weighted by atomic mass is 127. The topological polar surface area (TPSA) is 31.2 Å². The van der Waals surface area contributed by atoms with Gasteiger partial charge in [0.25, 0.3) is 5.56 Å². The van der Waals surface area contributed by atoms with E-state index in [0.717, 1.165) is 3.57 Å². The van der Waals surface area contributed by atoms with Crippen molar-refractivity contribution < 1.29 is 4.74 Å². The van der Waals surface area contributed by atoms with Crippen molar-refractivity contribution in [1.29, 1.82) is 0 Å². The second-order valence-electron chi connectivity index (χ2n) is 2.20. The lowest BCUT2D eigenvalue weighted by atomic mass is 10.5. The average Bonchev–Trinajstić information content (AvgIpc) is 2.07. The van der Waals surface area contributed by atoms with Gasteiger partial charge in [0.1, 0.15) is 6.73 Å². The minimum atomic E-state index is -0.0798. The maximum Gasteiger partial charge on any atom is 0.253 e. The van der Waals surface area contributed by atoms with E-state index < -0.39 is 0 Å². The van der Waals surface area contributed by atoms with Crippen LogP contribution in [0.5, 0.6) is 0 Å². The Balaban J connectivity index is 2.83. The third kappa shape index (κ3) is 2.60. The molecule has 0 atom stereocenters. The molecule has 1 rings (SSSR count). The van der Waals surface area contributed by atoms with Crippen LogP contribution in [-0.2, 0) is 11.5 Å². The van der Waals surface area contributed by atoms with Crippen molar-refractivity contribution in [3.05, 3.63) is 32.3 Å². The molecule has 0 spiro atoms. The lowest BCUT2D eigenvalue weighted by Gasteiger charge is -2.04. The van der Waals surface area contributed by atoms with E-state index in [0.29, 0.717) is 13.3 Å². The summed E-state index contributed by atoms with van der Waals surface area (Å²) in [5.41, 5.74) is -0.0798. The Morgan fingerprint density at radius 3 is 3.17 bits per heavy atom. The first-order valence-corrected chi connectivity index (χ1v) is 4.67. The summed E-state index contributed by atoms with van der Waals surface area (Å²) < 4.78 is 7.53. The summed E-state index contributed by atoms with van der Waals surface area (Å²) in [6.45, 7) is 2.83. The molecule has 1 heterocycles. The van der Waals surface area contributed by atoms with Crippen molar-refractivity contribution >= 4 is 22.6 Å². The van der Waals surface area contributed by atoms with Crippen molar-refractivity contribution in [3.8, 4) is 0 Å². The Kier molecular flexibility index (Phi) is 3.74. The van der Waals surface area contributed by atoms with Crippen LogP contribution >= 0.6 is 22.6 Å². The molecule has 12 heavy (non-hydrogen) atoms. The number of rotatable bonds is 3. The Morgan fingerprint density at radius 1 is 1.75 bits per heavy atom. The number of pyridine rings is 1. The molecule has 0 saturated heterocycles. The molecule has 0 bridgehead atoms. The van der Waals surface area contributed by atoms with Crippen LogP contribution in [-0.4, -0.2) is 11.2 Å². The smallest absolute Gasteiger partial charge is 0.253 e. The number of ether oxygens (including phenoxy) is 1. The number of aromatic nitrogens is 1. The molecule has 0 N–H and O–H groups in total. The van der Waals surface area contributed by atoms with E-state index in [-0.39, 0.29) is 5.56 Å². The predicted octanol–water partition coefficient (Wildman–Crippen LogP) is 1.25. The molecule has 0 fully saturated rings. The van der Waals surface area contributed by atoms with Crippen LogP contribution < -0.4 is 5.56 Å². The quantitative estimate of drug-likeness (QED) is 0.779. The Labute approximate surface area is 84.5 Å². The molecular formula is C8H9INO2. The van der Waals surface area contributed by atoms with E-state index >= 15 is 0 Å². The second kappa shape index (κ2) is 4.61. The zero-order chi connectivity index (χ0) is 8.97. The van der Waals surface area contributed by atoms with Gasteiger partial charge in [-0.15, -0.1) is 0 Å². The van der Waals surface area contributed by atoms with Crippen molar-refractivity contribution in [2.45, 2.75) is 13.7 Å². The zero-order valence-electron chi connectivity index (χ0n) is 6.71. The number of halogens is 1. The van der Waals surface area contributed by atoms with Gasteiger partial charge in [-0.1, -0.05) is 0 Å². The number of hydrogen-bond donors (Lipinski definition) is 0. The zero-order valence-corrected chi connectivity index (χ0v) is 8.87. The van der Waals surface area contributed by atoms with Crippen LogP contribution in [0.4, 0.5) is 0 Å². The average molecular weight is 278 g/mol. The fraction of sp³-hybridized carbons (Fsp3) is 0.375. The molecule has 0 unspecified atom stereocenters. The van der Waals surface area contributed by atoms with E-state index in [1.165, 1.54) is 10.6 Å². The molecule has 65 valence electrons. The van der Waals surface area contributed by atoms with Crippen LogP contribution in [0.1, 0.15) is 6.92 Å². The van der Waals surface area contributed by atoms with Crippen molar-refractivity contribution in [3.63, 3.8) is 0 Å². The maximum absolute atomic E-state index is 11.1. The molecule has 3 nitrogen and oxygen atoms in total. The van der Waals surface area contributed by atoms with Crippen LogP contribution in [0.3, 0.4) is 0 Å². The van der Waals surface area contributed by atoms with Crippen LogP contribution in [0, 0.1) is 9.64 Å². The van der Waals surface area contributed by atoms with Gasteiger partial charge in [-0.05, 0) is 29.5 Å². The Bertz CT molecular complexity index is 308. The molecular weight excluding hydrogens is 269 g/mol. The lowest BCUT2D eigenvalue weighted by molar-refractivity contribution is 0.0852. The molecule has 1 radical (unpaired) electrons. The summed E-state index contributed by atoms with van der Waals surface area (Å²) in [6, 6.07) is 4.23. The third-order valence-electron chi connectivity index (χ3n) is 1.32. The summed E-state index contributed by atoms with van der Waals surface area (Å²) in [7, 11) is 0. The van der Waals surface area contributed by atoms with Gasteiger partial charge in [0.2, 0.25) is 0 Å². The van der Waals surface area contributed by atoms with E-state index in [1.807, 2.05) is 6.92 Å². The first-order valence-electron chi connectivity index (χ1n) is 3.59. The van der Waals surface area contributed by atoms with Crippen LogP contribution in [0.2, 0.25) is 0 Å². The minimum Gasteiger partial charge on any atom is -0.361 e. The van der Waals surface area contributed by atoms with Gasteiger partial charge >= 0.3 is 0 Å². The number of nitrogens with zero attached hydrogens (tertiary/aromatic N) is 1. The highest BCUT2D eigenvalue weighted by molar-refractivity contribution is 14.1. The third-order valence-corrected chi connectivity index (χ3v) is 1.91. The summed E-state index contributed by atoms with van der Waals surface area (Å²) in [5.74, 6) is 0. The Morgan fingerprint density at radius 2 is 2.50 bits per heavy atom. The van der Waals surface area contributed by atoms with Gasteiger partial charge in [-0.3, -0.25) is 9.36 Å². The molecule has 0 aliphatic rings. The van der Waals surface area contributed by atoms with Gasteiger partial charge in [0.05, 0.1) is 0 Å². The number of hydrogen-bond acceptors (Lipinski definition) is 2. The van der Waals surface area contributed by atoms with E-state index in [9.17, 15) is 4.79 Å². The first-order chi connectivity index (χ1) is 5.74. The first kappa shape index (κ1) is 9.73. The lowest BCUT2D eigenvalue weighted by Crippen LogP contribution is -2.20. The van der Waals surface area contributed by atoms with Crippen LogP contribution in [0.25, 0.3) is 0 Å². The van der Waals surface area contributed by atoms with Gasteiger partial charge in [-0.2, -0.15) is 0 Å². The van der Waals surface area contributed by atoms with Gasteiger partial charge in [0, 0.05) is 28.5 Å². The Hall–Kier alpha value is -0.360. The molecule has 0 saturated carbocycles. The normalized spacial score (nSPS) is 10.2. The van der Waals surface area contributed by atoms with Crippen LogP contribution in [0.15, 0.2) is 17.1 Å². The summed E-state index contributed by atoms with van der Waals surface area (Å²) >= 11 is 2.10. The molecule has 0 aliphatic heterocycles. The monoisotopic (exact) mass is 278 g/mol. The highest BCUT2D eigenvalue weighted by Crippen LogP contribution is 1.98. The van der Waals surface area contributed by atoms with Gasteiger partial charge in [0.15, 0.2) is 0 Å². The summed E-state index contributed by atoms with van der Waals surface area (Å²) in [6.07, 6.45) is 1.72. The molecule has 1 aromatic rings. The summed E-state index contributed by atoms with van der Waals surface area (Å²) in [4.78, 5) is 11.1. The van der Waals surface area contributed by atoms with Gasteiger partial charge < -0.3 is 4.74 Å². The van der Waals surface area contributed by atoms with Gasteiger partial charge in [-0.25, -0.2) is 0 Å². The molecule has 0 aliphatic carbocycles. The largest absolute Gasteiger partial charge is 0.361 e. The standard InChI is InChI=1S/C8H9INO2/c1-2-12-6-10-5-7(9)3-4-8(10)11/h4-5H,2,6H2,1H3. The second-order valence-corrected chi connectivity index (χ2v) is 3.36. The molecule has 4 heteroatoms. The van der Waals surface area contributed by atoms with E-state index in [2.05, 4.69) is 28.7 Å². The van der Waals surface area contributed by atoms with E-state index in [4.69, 9.17) is 4.74 Å². The fourth-order valence-electron chi connectivity index (χ4n) is 0.742.